The molecule has 0 spiro atoms. The summed E-state index contributed by atoms with van der Waals surface area (Å²) in [5, 5.41) is 15.2. The zero-order valence-electron chi connectivity index (χ0n) is 26.9. The van der Waals surface area contributed by atoms with Crippen LogP contribution in [0, 0.1) is 0 Å². The highest BCUT2D eigenvalue weighted by Gasteiger charge is 2.01. The van der Waals surface area contributed by atoms with E-state index in [1.165, 1.54) is 152 Å². The SMILES string of the molecule is CCCCCCCCCCCCc1ccc(Oc2ccc(CCCCCCCCCCCC)cc2)cc1.OCCO. The van der Waals surface area contributed by atoms with Crippen molar-refractivity contribution in [2.24, 2.45) is 0 Å². The number of hydrogen-bond acceptors (Lipinski definition) is 3. The first kappa shape index (κ1) is 37.2. The Bertz CT molecular complexity index is 717. The Morgan fingerprint density at radius 2 is 0.659 bits per heavy atom. The normalized spacial score (nSPS) is 10.8. The van der Waals surface area contributed by atoms with Crippen molar-refractivity contribution in [2.75, 3.05) is 13.2 Å². The van der Waals surface area contributed by atoms with Crippen LogP contribution in [0.4, 0.5) is 0 Å². The fraction of sp³-hybridized carbons (Fsp3) is 0.684. The average molecular weight is 569 g/mol. The van der Waals surface area contributed by atoms with Crippen molar-refractivity contribution >= 4 is 0 Å². The summed E-state index contributed by atoms with van der Waals surface area (Å²) < 4.78 is 6.10. The first-order chi connectivity index (χ1) is 20.2. The maximum absolute atomic E-state index is 7.62. The van der Waals surface area contributed by atoms with E-state index in [-0.39, 0.29) is 13.2 Å². The predicted molar refractivity (Wildman–Crippen MR) is 178 cm³/mol. The van der Waals surface area contributed by atoms with Crippen LogP contribution >= 0.6 is 0 Å². The lowest BCUT2D eigenvalue weighted by Gasteiger charge is -2.08. The van der Waals surface area contributed by atoms with Gasteiger partial charge in [0.1, 0.15) is 11.5 Å². The quantitative estimate of drug-likeness (QED) is 0.117. The monoisotopic (exact) mass is 568 g/mol. The molecule has 2 aromatic rings. The largest absolute Gasteiger partial charge is 0.457 e. The second kappa shape index (κ2) is 28.3. The third-order valence-corrected chi connectivity index (χ3v) is 7.82. The fourth-order valence-electron chi connectivity index (χ4n) is 5.22. The first-order valence-corrected chi connectivity index (χ1v) is 17.3. The zero-order valence-corrected chi connectivity index (χ0v) is 26.9. The minimum Gasteiger partial charge on any atom is -0.457 e. The van der Waals surface area contributed by atoms with Crippen molar-refractivity contribution in [1.82, 2.24) is 0 Å². The van der Waals surface area contributed by atoms with E-state index >= 15 is 0 Å². The van der Waals surface area contributed by atoms with Gasteiger partial charge in [-0.05, 0) is 61.1 Å². The van der Waals surface area contributed by atoms with Gasteiger partial charge in [-0.2, -0.15) is 0 Å². The van der Waals surface area contributed by atoms with Crippen LogP contribution in [0.15, 0.2) is 48.5 Å². The molecule has 0 bridgehead atoms. The van der Waals surface area contributed by atoms with E-state index in [4.69, 9.17) is 14.9 Å². The minimum atomic E-state index is -0.125. The molecule has 0 radical (unpaired) electrons. The molecule has 0 unspecified atom stereocenters. The van der Waals surface area contributed by atoms with Gasteiger partial charge in [0.15, 0.2) is 0 Å². The predicted octanol–water partition coefficient (Wildman–Crippen LogP) is 11.4. The molecule has 2 N–H and O–H groups in total. The number of aliphatic hydroxyl groups excluding tert-OH is 2. The van der Waals surface area contributed by atoms with Gasteiger partial charge in [0, 0.05) is 0 Å². The van der Waals surface area contributed by atoms with Gasteiger partial charge in [-0.15, -0.1) is 0 Å². The molecule has 0 aliphatic heterocycles. The second-order valence-corrected chi connectivity index (χ2v) is 11.7. The van der Waals surface area contributed by atoms with E-state index in [1.807, 2.05) is 0 Å². The van der Waals surface area contributed by atoms with Gasteiger partial charge in [-0.1, -0.05) is 154 Å². The van der Waals surface area contributed by atoms with Gasteiger partial charge in [0.05, 0.1) is 13.2 Å². The number of rotatable bonds is 25. The molecule has 0 aliphatic carbocycles. The van der Waals surface area contributed by atoms with Crippen molar-refractivity contribution < 1.29 is 14.9 Å². The van der Waals surface area contributed by atoms with Gasteiger partial charge in [-0.25, -0.2) is 0 Å². The number of benzene rings is 2. The number of aryl methyl sites for hydroxylation is 2. The molecular weight excluding hydrogens is 504 g/mol. The van der Waals surface area contributed by atoms with Crippen LogP contribution in [-0.2, 0) is 12.8 Å². The number of ether oxygens (including phenoxy) is 1. The molecule has 3 nitrogen and oxygen atoms in total. The Balaban J connectivity index is 0.00000196. The molecule has 0 aliphatic rings. The lowest BCUT2D eigenvalue weighted by atomic mass is 10.0. The molecule has 0 atom stereocenters. The molecule has 2 aromatic carbocycles. The van der Waals surface area contributed by atoms with Gasteiger partial charge >= 0.3 is 0 Å². The average Bonchev–Trinajstić information content (AvgIpc) is 3.01. The van der Waals surface area contributed by atoms with Crippen molar-refractivity contribution in [3.63, 3.8) is 0 Å². The van der Waals surface area contributed by atoms with E-state index in [0.717, 1.165) is 11.5 Å². The number of hydrogen-bond donors (Lipinski definition) is 2. The lowest BCUT2D eigenvalue weighted by Crippen LogP contribution is -1.90. The summed E-state index contributed by atoms with van der Waals surface area (Å²) in [5.74, 6) is 1.88. The summed E-state index contributed by atoms with van der Waals surface area (Å²) >= 11 is 0. The lowest BCUT2D eigenvalue weighted by molar-refractivity contribution is 0.186. The Labute approximate surface area is 254 Å². The number of aliphatic hydroxyl groups is 2. The van der Waals surface area contributed by atoms with E-state index in [2.05, 4.69) is 62.4 Å². The van der Waals surface area contributed by atoms with Gasteiger partial charge in [0.25, 0.3) is 0 Å². The van der Waals surface area contributed by atoms with Crippen LogP contribution in [0.5, 0.6) is 11.5 Å². The van der Waals surface area contributed by atoms with E-state index in [1.54, 1.807) is 0 Å². The topological polar surface area (TPSA) is 49.7 Å². The minimum absolute atomic E-state index is 0.125. The van der Waals surface area contributed by atoms with E-state index in [0.29, 0.717) is 0 Å². The van der Waals surface area contributed by atoms with Crippen LogP contribution in [0.25, 0.3) is 0 Å². The van der Waals surface area contributed by atoms with E-state index in [9.17, 15) is 0 Å². The highest BCUT2D eigenvalue weighted by molar-refractivity contribution is 5.34. The Morgan fingerprint density at radius 3 is 0.927 bits per heavy atom. The molecule has 0 saturated heterocycles. The highest BCUT2D eigenvalue weighted by atomic mass is 16.5. The zero-order chi connectivity index (χ0) is 29.6. The summed E-state index contributed by atoms with van der Waals surface area (Å²) in [6, 6.07) is 17.5. The molecule has 0 aromatic heterocycles. The smallest absolute Gasteiger partial charge is 0.127 e. The first-order valence-electron chi connectivity index (χ1n) is 17.3. The molecule has 0 fully saturated rings. The molecule has 234 valence electrons. The Hall–Kier alpha value is -1.84. The van der Waals surface area contributed by atoms with Crippen molar-refractivity contribution in [1.29, 1.82) is 0 Å². The van der Waals surface area contributed by atoms with Gasteiger partial charge in [0.2, 0.25) is 0 Å². The summed E-state index contributed by atoms with van der Waals surface area (Å²) in [7, 11) is 0. The summed E-state index contributed by atoms with van der Waals surface area (Å²) in [6.07, 6.45) is 30.3. The highest BCUT2D eigenvalue weighted by Crippen LogP contribution is 2.23. The van der Waals surface area contributed by atoms with Crippen LogP contribution in [0.2, 0.25) is 0 Å². The molecule has 41 heavy (non-hydrogen) atoms. The maximum Gasteiger partial charge on any atom is 0.127 e. The Morgan fingerprint density at radius 1 is 0.390 bits per heavy atom. The van der Waals surface area contributed by atoms with Crippen molar-refractivity contribution in [2.45, 2.75) is 155 Å². The van der Waals surface area contributed by atoms with Crippen LogP contribution in [0.1, 0.15) is 153 Å². The molecule has 0 heterocycles. The van der Waals surface area contributed by atoms with Crippen LogP contribution < -0.4 is 4.74 Å². The molecular formula is C38H64O3. The summed E-state index contributed by atoms with van der Waals surface area (Å²) in [6.45, 7) is 4.33. The van der Waals surface area contributed by atoms with E-state index < -0.39 is 0 Å². The van der Waals surface area contributed by atoms with Crippen LogP contribution in [-0.4, -0.2) is 23.4 Å². The Kier molecular flexibility index (Phi) is 25.7. The van der Waals surface area contributed by atoms with Crippen LogP contribution in [0.3, 0.4) is 0 Å². The molecule has 2 rings (SSSR count). The van der Waals surface area contributed by atoms with Crippen molar-refractivity contribution in [3.05, 3.63) is 59.7 Å². The number of unbranched alkanes of at least 4 members (excludes halogenated alkanes) is 18. The third kappa shape index (κ3) is 22.4. The standard InChI is InChI=1S/C36H58O.C2H6O2/c1-3-5-7-9-11-13-15-17-19-21-23-33-25-29-35(30-26-33)37-36-31-27-34(28-32-36)24-22-20-18-16-14-12-10-8-6-4-2;3-1-2-4/h25-32H,3-24H2,1-2H3;3-4H,1-2H2. The summed E-state index contributed by atoms with van der Waals surface area (Å²) in [4.78, 5) is 0. The molecule has 0 saturated carbocycles. The van der Waals surface area contributed by atoms with Gasteiger partial charge in [-0.3, -0.25) is 0 Å². The van der Waals surface area contributed by atoms with Gasteiger partial charge < -0.3 is 14.9 Å². The van der Waals surface area contributed by atoms with Crippen molar-refractivity contribution in [3.8, 4) is 11.5 Å². The molecule has 0 amide bonds. The second-order valence-electron chi connectivity index (χ2n) is 11.7. The summed E-state index contributed by atoms with van der Waals surface area (Å²) in [5.41, 5.74) is 2.86. The third-order valence-electron chi connectivity index (χ3n) is 7.82. The molecule has 3 heteroatoms. The fourth-order valence-corrected chi connectivity index (χ4v) is 5.22. The maximum atomic E-state index is 7.62.